The molecule has 0 heterocycles. The Morgan fingerprint density at radius 3 is 2.40 bits per heavy atom. The Hall–Kier alpha value is -0.690. The van der Waals surface area contributed by atoms with Gasteiger partial charge >= 0.3 is 5.97 Å². The second-order valence-electron chi connectivity index (χ2n) is 4.88. The zero-order chi connectivity index (χ0) is 14.6. The Bertz CT molecular complexity index is 258. The molecule has 1 saturated carbocycles. The molecule has 1 N–H and O–H groups in total. The Balaban J connectivity index is 1.95. The zero-order valence-electron chi connectivity index (χ0n) is 12.6. The lowest BCUT2D eigenvalue weighted by molar-refractivity contribution is -0.143. The van der Waals surface area contributed by atoms with Gasteiger partial charge in [-0.1, -0.05) is 0 Å². The summed E-state index contributed by atoms with van der Waals surface area (Å²) < 4.78 is 20.5. The second kappa shape index (κ2) is 11.0. The van der Waals surface area contributed by atoms with Crippen LogP contribution in [0.3, 0.4) is 0 Å². The molecule has 0 bridgehead atoms. The van der Waals surface area contributed by atoms with Gasteiger partial charge in [-0.05, 0) is 25.7 Å². The largest absolute Gasteiger partial charge is 0.468 e. The number of esters is 1. The molecule has 0 amide bonds. The Morgan fingerprint density at radius 2 is 1.80 bits per heavy atom. The van der Waals surface area contributed by atoms with E-state index >= 15 is 0 Å². The van der Waals surface area contributed by atoms with Gasteiger partial charge in [0.15, 0.2) is 0 Å². The molecule has 0 aromatic heterocycles. The van der Waals surface area contributed by atoms with Gasteiger partial charge in [-0.15, -0.1) is 0 Å². The van der Waals surface area contributed by atoms with E-state index in [1.165, 1.54) is 7.11 Å². The highest BCUT2D eigenvalue weighted by Gasteiger charge is 2.28. The third-order valence-corrected chi connectivity index (χ3v) is 3.06. The van der Waals surface area contributed by atoms with Gasteiger partial charge in [-0.3, -0.25) is 4.79 Å². The number of carbonyl (C=O) groups is 1. The maximum absolute atomic E-state index is 11.6. The van der Waals surface area contributed by atoms with Crippen LogP contribution in [-0.2, 0) is 23.7 Å². The fourth-order valence-electron chi connectivity index (χ4n) is 1.77. The lowest BCUT2D eigenvalue weighted by Crippen LogP contribution is -2.39. The SMILES string of the molecule is COCCCOCCOCCC(NC1CC1)C(=O)OC. The van der Waals surface area contributed by atoms with E-state index in [9.17, 15) is 4.79 Å². The number of ether oxygens (including phenoxy) is 4. The van der Waals surface area contributed by atoms with Crippen molar-refractivity contribution in [2.75, 3.05) is 47.3 Å². The van der Waals surface area contributed by atoms with Gasteiger partial charge < -0.3 is 24.3 Å². The van der Waals surface area contributed by atoms with Crippen LogP contribution in [0.5, 0.6) is 0 Å². The number of rotatable bonds is 13. The topological polar surface area (TPSA) is 66.0 Å². The average Bonchev–Trinajstić information content (AvgIpc) is 3.27. The molecule has 1 aliphatic rings. The van der Waals surface area contributed by atoms with Crippen molar-refractivity contribution in [3.05, 3.63) is 0 Å². The van der Waals surface area contributed by atoms with Gasteiger partial charge in [0.2, 0.25) is 0 Å². The van der Waals surface area contributed by atoms with Crippen molar-refractivity contribution in [3.63, 3.8) is 0 Å². The highest BCUT2D eigenvalue weighted by atomic mass is 16.5. The molecule has 0 radical (unpaired) electrons. The summed E-state index contributed by atoms with van der Waals surface area (Å²) in [6, 6.07) is 0.221. The monoisotopic (exact) mass is 289 g/mol. The predicted molar refractivity (Wildman–Crippen MR) is 74.7 cm³/mol. The summed E-state index contributed by atoms with van der Waals surface area (Å²) in [6.45, 7) is 3.05. The molecule has 1 unspecified atom stereocenters. The maximum Gasteiger partial charge on any atom is 0.322 e. The summed E-state index contributed by atoms with van der Waals surface area (Å²) >= 11 is 0. The number of carbonyl (C=O) groups excluding carboxylic acids is 1. The van der Waals surface area contributed by atoms with Crippen LogP contribution in [0.25, 0.3) is 0 Å². The molecule has 1 fully saturated rings. The molecule has 1 rings (SSSR count). The van der Waals surface area contributed by atoms with Crippen LogP contribution in [0.1, 0.15) is 25.7 Å². The summed E-state index contributed by atoms with van der Waals surface area (Å²) in [5.74, 6) is -0.212. The van der Waals surface area contributed by atoms with Crippen LogP contribution in [0.2, 0.25) is 0 Å². The van der Waals surface area contributed by atoms with Gasteiger partial charge in [0.05, 0.1) is 20.3 Å². The van der Waals surface area contributed by atoms with Gasteiger partial charge in [-0.2, -0.15) is 0 Å². The van der Waals surface area contributed by atoms with Crippen molar-refractivity contribution in [3.8, 4) is 0 Å². The van der Waals surface area contributed by atoms with Crippen LogP contribution in [0.4, 0.5) is 0 Å². The number of nitrogens with one attached hydrogen (secondary N) is 1. The minimum absolute atomic E-state index is 0.212. The van der Waals surface area contributed by atoms with E-state index in [1.807, 2.05) is 0 Å². The minimum Gasteiger partial charge on any atom is -0.468 e. The second-order valence-corrected chi connectivity index (χ2v) is 4.88. The van der Waals surface area contributed by atoms with Crippen LogP contribution >= 0.6 is 0 Å². The van der Waals surface area contributed by atoms with Crippen LogP contribution in [-0.4, -0.2) is 65.3 Å². The third-order valence-electron chi connectivity index (χ3n) is 3.06. The molecule has 0 spiro atoms. The quantitative estimate of drug-likeness (QED) is 0.398. The first kappa shape index (κ1) is 17.4. The molecule has 0 saturated heterocycles. The summed E-state index contributed by atoms with van der Waals surface area (Å²) in [6.07, 6.45) is 3.81. The molecule has 1 aliphatic carbocycles. The first-order valence-electron chi connectivity index (χ1n) is 7.26. The van der Waals surface area contributed by atoms with E-state index in [-0.39, 0.29) is 12.0 Å². The van der Waals surface area contributed by atoms with Gasteiger partial charge in [-0.25, -0.2) is 0 Å². The lowest BCUT2D eigenvalue weighted by atomic mass is 10.2. The summed E-state index contributed by atoms with van der Waals surface area (Å²) in [5, 5.41) is 3.27. The van der Waals surface area contributed by atoms with Gasteiger partial charge in [0.1, 0.15) is 6.04 Å². The van der Waals surface area contributed by atoms with Crippen LogP contribution in [0, 0.1) is 0 Å². The van der Waals surface area contributed by atoms with E-state index in [0.717, 1.165) is 19.3 Å². The Morgan fingerprint density at radius 1 is 1.10 bits per heavy atom. The molecule has 1 atom stereocenters. The molecule has 6 nitrogen and oxygen atoms in total. The third kappa shape index (κ3) is 8.47. The summed E-state index contributed by atoms with van der Waals surface area (Å²) in [7, 11) is 3.09. The van der Waals surface area contributed by atoms with Gasteiger partial charge in [0.25, 0.3) is 0 Å². The van der Waals surface area contributed by atoms with E-state index in [1.54, 1.807) is 7.11 Å². The van der Waals surface area contributed by atoms with Crippen molar-refractivity contribution in [2.24, 2.45) is 0 Å². The van der Waals surface area contributed by atoms with Crippen molar-refractivity contribution >= 4 is 5.97 Å². The van der Waals surface area contributed by atoms with E-state index < -0.39 is 0 Å². The molecular formula is C14H27NO5. The molecule has 0 aliphatic heterocycles. The predicted octanol–water partition coefficient (Wildman–Crippen LogP) is 0.740. The first-order valence-corrected chi connectivity index (χ1v) is 7.26. The zero-order valence-corrected chi connectivity index (χ0v) is 12.6. The number of hydrogen-bond acceptors (Lipinski definition) is 6. The highest BCUT2D eigenvalue weighted by Crippen LogP contribution is 2.20. The minimum atomic E-state index is -0.255. The van der Waals surface area contributed by atoms with Crippen molar-refractivity contribution < 1.29 is 23.7 Å². The Labute approximate surface area is 121 Å². The molecular weight excluding hydrogens is 262 g/mol. The lowest BCUT2D eigenvalue weighted by Gasteiger charge is -2.16. The molecule has 6 heteroatoms. The van der Waals surface area contributed by atoms with Crippen molar-refractivity contribution in [2.45, 2.75) is 37.8 Å². The average molecular weight is 289 g/mol. The first-order chi connectivity index (χ1) is 9.77. The van der Waals surface area contributed by atoms with Crippen LogP contribution in [0.15, 0.2) is 0 Å². The normalized spacial score (nSPS) is 16.1. The fraction of sp³-hybridized carbons (Fsp3) is 0.929. The summed E-state index contributed by atoms with van der Waals surface area (Å²) in [4.78, 5) is 11.6. The van der Waals surface area contributed by atoms with E-state index in [0.29, 0.717) is 45.5 Å². The van der Waals surface area contributed by atoms with E-state index in [2.05, 4.69) is 5.32 Å². The molecule has 0 aromatic rings. The molecule has 118 valence electrons. The van der Waals surface area contributed by atoms with E-state index in [4.69, 9.17) is 18.9 Å². The maximum atomic E-state index is 11.6. The fourth-order valence-corrected chi connectivity index (χ4v) is 1.77. The van der Waals surface area contributed by atoms with Crippen LogP contribution < -0.4 is 5.32 Å². The Kier molecular flexibility index (Phi) is 9.57. The molecule has 20 heavy (non-hydrogen) atoms. The van der Waals surface area contributed by atoms with Crippen molar-refractivity contribution in [1.82, 2.24) is 5.32 Å². The van der Waals surface area contributed by atoms with Crippen molar-refractivity contribution in [1.29, 1.82) is 0 Å². The molecule has 0 aromatic carbocycles. The number of hydrogen-bond donors (Lipinski definition) is 1. The van der Waals surface area contributed by atoms with Gasteiger partial charge in [0, 0.05) is 33.0 Å². The highest BCUT2D eigenvalue weighted by molar-refractivity contribution is 5.75. The smallest absolute Gasteiger partial charge is 0.322 e. The number of methoxy groups -OCH3 is 2. The summed E-state index contributed by atoms with van der Waals surface area (Å²) in [5.41, 5.74) is 0. The standard InChI is InChI=1S/C14H27NO5/c1-17-7-3-8-19-10-11-20-9-6-13(14(16)18-2)15-12-4-5-12/h12-13,15H,3-11H2,1-2H3.